The maximum Gasteiger partial charge on any atom is 0.337 e. The first kappa shape index (κ1) is 22.3. The molecule has 3 rings (SSSR count). The number of carbonyl (C=O) groups excluding carboxylic acids is 1. The number of hydrogen-bond acceptors (Lipinski definition) is 5. The van der Waals surface area contributed by atoms with Crippen LogP contribution in [0, 0.1) is 0 Å². The summed E-state index contributed by atoms with van der Waals surface area (Å²) in [5, 5.41) is 11.8. The van der Waals surface area contributed by atoms with Gasteiger partial charge in [0, 0.05) is 17.1 Å². The van der Waals surface area contributed by atoms with Gasteiger partial charge >= 0.3 is 5.97 Å². The molecule has 0 aliphatic heterocycles. The second-order valence-corrected chi connectivity index (χ2v) is 9.39. The fourth-order valence-electron chi connectivity index (χ4n) is 2.84. The Labute approximate surface area is 187 Å². The van der Waals surface area contributed by atoms with E-state index in [-0.39, 0.29) is 21.7 Å². The minimum atomic E-state index is -3.90. The highest BCUT2D eigenvalue weighted by molar-refractivity contribution is 9.10. The lowest BCUT2D eigenvalue weighted by atomic mass is 10.1. The van der Waals surface area contributed by atoms with Crippen molar-refractivity contribution in [2.75, 3.05) is 22.4 Å². The van der Waals surface area contributed by atoms with Crippen LogP contribution in [-0.2, 0) is 10.0 Å². The zero-order valence-corrected chi connectivity index (χ0v) is 18.6. The molecule has 31 heavy (non-hydrogen) atoms. The zero-order valence-electron chi connectivity index (χ0n) is 16.2. The number of nitrogen functional groups attached to an aromatic ring is 1. The lowest BCUT2D eigenvalue weighted by molar-refractivity contribution is 0.0698. The summed E-state index contributed by atoms with van der Waals surface area (Å²) in [7, 11) is -2.51. The number of para-hydroxylation sites is 2. The molecule has 0 unspecified atom stereocenters. The molecule has 0 spiro atoms. The number of nitrogens with zero attached hydrogens (tertiary/aromatic N) is 1. The van der Waals surface area contributed by atoms with Crippen molar-refractivity contribution in [1.82, 2.24) is 0 Å². The van der Waals surface area contributed by atoms with Crippen LogP contribution in [-0.4, -0.2) is 32.4 Å². The van der Waals surface area contributed by atoms with Gasteiger partial charge in [0.15, 0.2) is 0 Å². The van der Waals surface area contributed by atoms with Gasteiger partial charge in [0.2, 0.25) is 0 Å². The predicted octanol–water partition coefficient (Wildman–Crippen LogP) is 3.81. The lowest BCUT2D eigenvalue weighted by Gasteiger charge is -2.21. The summed E-state index contributed by atoms with van der Waals surface area (Å²) < 4.78 is 27.4. The number of amides is 1. The summed E-state index contributed by atoms with van der Waals surface area (Å²) >= 11 is 3.19. The maximum atomic E-state index is 12.9. The summed E-state index contributed by atoms with van der Waals surface area (Å²) in [6, 6.07) is 16.3. The van der Waals surface area contributed by atoms with Crippen LogP contribution in [0.4, 0.5) is 17.1 Å². The highest BCUT2D eigenvalue weighted by Gasteiger charge is 2.23. The average molecular weight is 504 g/mol. The fourth-order valence-corrected chi connectivity index (χ4v) is 4.42. The van der Waals surface area contributed by atoms with Gasteiger partial charge in [0.05, 0.1) is 27.5 Å². The number of carboxylic acids is 1. The summed E-state index contributed by atoms with van der Waals surface area (Å²) in [4.78, 5) is 23.9. The third-order valence-electron chi connectivity index (χ3n) is 4.51. The Balaban J connectivity index is 1.84. The van der Waals surface area contributed by atoms with E-state index >= 15 is 0 Å². The third kappa shape index (κ3) is 4.70. The number of nitrogens with one attached hydrogen (secondary N) is 1. The van der Waals surface area contributed by atoms with Crippen LogP contribution in [0.15, 0.2) is 76.1 Å². The molecule has 0 atom stereocenters. The number of aromatic carboxylic acids is 1. The van der Waals surface area contributed by atoms with E-state index in [2.05, 4.69) is 21.2 Å². The van der Waals surface area contributed by atoms with Crippen molar-refractivity contribution in [3.63, 3.8) is 0 Å². The first-order valence-electron chi connectivity index (χ1n) is 8.89. The second-order valence-electron chi connectivity index (χ2n) is 6.50. The molecular formula is C21H18BrN3O5S. The first-order chi connectivity index (χ1) is 14.6. The fraction of sp³-hybridized carbons (Fsp3) is 0.0476. The molecule has 1 amide bonds. The predicted molar refractivity (Wildman–Crippen MR) is 122 cm³/mol. The molecule has 0 aliphatic rings. The molecule has 0 radical (unpaired) electrons. The van der Waals surface area contributed by atoms with Crippen molar-refractivity contribution < 1.29 is 23.1 Å². The van der Waals surface area contributed by atoms with E-state index in [1.807, 2.05) is 0 Å². The van der Waals surface area contributed by atoms with E-state index in [4.69, 9.17) is 5.73 Å². The van der Waals surface area contributed by atoms with E-state index < -0.39 is 21.9 Å². The number of sulfonamides is 1. The van der Waals surface area contributed by atoms with Crippen molar-refractivity contribution in [1.29, 1.82) is 0 Å². The molecule has 0 saturated carbocycles. The van der Waals surface area contributed by atoms with Gasteiger partial charge in [-0.2, -0.15) is 0 Å². The smallest absolute Gasteiger partial charge is 0.337 e. The monoisotopic (exact) mass is 503 g/mol. The Morgan fingerprint density at radius 3 is 2.29 bits per heavy atom. The number of anilines is 3. The number of carbonyl (C=O) groups is 2. The summed E-state index contributed by atoms with van der Waals surface area (Å²) in [6.45, 7) is 0. The molecule has 0 saturated heterocycles. The van der Waals surface area contributed by atoms with Gasteiger partial charge in [-0.25, -0.2) is 13.2 Å². The van der Waals surface area contributed by atoms with E-state index in [1.165, 1.54) is 43.4 Å². The molecule has 3 aromatic carbocycles. The molecule has 10 heteroatoms. The molecule has 0 fully saturated rings. The van der Waals surface area contributed by atoms with E-state index in [1.54, 1.807) is 30.3 Å². The highest BCUT2D eigenvalue weighted by atomic mass is 79.9. The third-order valence-corrected chi connectivity index (χ3v) is 6.79. The van der Waals surface area contributed by atoms with Gasteiger partial charge in [0.1, 0.15) is 0 Å². The van der Waals surface area contributed by atoms with Gasteiger partial charge < -0.3 is 16.2 Å². The quantitative estimate of drug-likeness (QED) is 0.438. The van der Waals surface area contributed by atoms with E-state index in [0.717, 1.165) is 4.31 Å². The molecule has 0 bridgehead atoms. The number of halogens is 1. The minimum Gasteiger partial charge on any atom is -0.478 e. The van der Waals surface area contributed by atoms with Crippen LogP contribution < -0.4 is 15.4 Å². The molecular weight excluding hydrogens is 486 g/mol. The van der Waals surface area contributed by atoms with Gasteiger partial charge in [-0.3, -0.25) is 9.10 Å². The molecule has 4 N–H and O–H groups in total. The first-order valence-corrected chi connectivity index (χ1v) is 11.1. The van der Waals surface area contributed by atoms with Gasteiger partial charge in [0.25, 0.3) is 15.9 Å². The van der Waals surface area contributed by atoms with Crippen molar-refractivity contribution in [2.24, 2.45) is 0 Å². The van der Waals surface area contributed by atoms with E-state index in [9.17, 15) is 23.1 Å². The van der Waals surface area contributed by atoms with Crippen LogP contribution in [0.3, 0.4) is 0 Å². The molecule has 8 nitrogen and oxygen atoms in total. The Bertz CT molecular complexity index is 1260. The maximum absolute atomic E-state index is 12.9. The zero-order chi connectivity index (χ0) is 22.8. The lowest BCUT2D eigenvalue weighted by Crippen LogP contribution is -2.27. The standard InChI is InChI=1S/C21H18BrN3O5S/c1-25(19-5-3-2-4-17(19)23)31(29,30)15-9-6-13(7-10-15)20(26)24-18-11-8-14(22)12-16(18)21(27)28/h2-12H,23H2,1H3,(H,24,26)(H,27,28). The van der Waals surface area contributed by atoms with Crippen LogP contribution in [0.2, 0.25) is 0 Å². The number of rotatable bonds is 6. The Kier molecular flexibility index (Phi) is 6.32. The van der Waals surface area contributed by atoms with Crippen LogP contribution >= 0.6 is 15.9 Å². The number of benzene rings is 3. The van der Waals surface area contributed by atoms with Gasteiger partial charge in [-0.05, 0) is 54.6 Å². The summed E-state index contributed by atoms with van der Waals surface area (Å²) in [5.74, 6) is -1.77. The van der Waals surface area contributed by atoms with Crippen molar-refractivity contribution in [3.8, 4) is 0 Å². The number of hydrogen-bond donors (Lipinski definition) is 3. The largest absolute Gasteiger partial charge is 0.478 e. The summed E-state index contributed by atoms with van der Waals surface area (Å²) in [6.07, 6.45) is 0. The molecule has 160 valence electrons. The van der Waals surface area contributed by atoms with Crippen molar-refractivity contribution >= 4 is 54.9 Å². The second kappa shape index (κ2) is 8.78. The van der Waals surface area contributed by atoms with Crippen LogP contribution in [0.1, 0.15) is 20.7 Å². The van der Waals surface area contributed by atoms with Gasteiger partial charge in [-0.1, -0.05) is 28.1 Å². The highest BCUT2D eigenvalue weighted by Crippen LogP contribution is 2.27. The number of carboxylic acid groups (broad SMARTS) is 1. The Morgan fingerprint density at radius 2 is 1.68 bits per heavy atom. The minimum absolute atomic E-state index is 0.0235. The van der Waals surface area contributed by atoms with Crippen molar-refractivity contribution in [2.45, 2.75) is 4.90 Å². The Hall–Kier alpha value is -3.37. The average Bonchev–Trinajstić information content (AvgIpc) is 2.74. The van der Waals surface area contributed by atoms with Crippen LogP contribution in [0.25, 0.3) is 0 Å². The van der Waals surface area contributed by atoms with Crippen LogP contribution in [0.5, 0.6) is 0 Å². The van der Waals surface area contributed by atoms with Crippen molar-refractivity contribution in [3.05, 3.63) is 82.3 Å². The SMILES string of the molecule is CN(c1ccccc1N)S(=O)(=O)c1ccc(C(=O)Nc2ccc(Br)cc2C(=O)O)cc1. The summed E-state index contributed by atoms with van der Waals surface area (Å²) in [5.41, 5.74) is 6.73. The topological polar surface area (TPSA) is 130 Å². The van der Waals surface area contributed by atoms with Gasteiger partial charge in [-0.15, -0.1) is 0 Å². The molecule has 0 aromatic heterocycles. The molecule has 3 aromatic rings. The molecule has 0 aliphatic carbocycles. The Morgan fingerprint density at radius 1 is 1.03 bits per heavy atom. The van der Waals surface area contributed by atoms with E-state index in [0.29, 0.717) is 15.8 Å². The normalized spacial score (nSPS) is 11.0. The molecule has 0 heterocycles. The number of nitrogens with two attached hydrogens (primary N) is 1.